The Morgan fingerprint density at radius 2 is 1.97 bits per heavy atom. The number of hydrogen-bond donors (Lipinski definition) is 1. The minimum Gasteiger partial charge on any atom is -0.493 e. The lowest BCUT2D eigenvalue weighted by Crippen LogP contribution is -2.25. The van der Waals surface area contributed by atoms with Crippen LogP contribution in [0.5, 0.6) is 11.5 Å². The van der Waals surface area contributed by atoms with E-state index in [9.17, 15) is 9.18 Å². The summed E-state index contributed by atoms with van der Waals surface area (Å²) in [5.41, 5.74) is 6.37. The molecule has 0 aliphatic rings. The summed E-state index contributed by atoms with van der Waals surface area (Å²) in [7, 11) is 3.17. The maximum absolute atomic E-state index is 12.8. The molecule has 0 aliphatic carbocycles. The van der Waals surface area contributed by atoms with Gasteiger partial charge < -0.3 is 15.2 Å². The number of methoxy groups -OCH3 is 2. The van der Waals surface area contributed by atoms with Crippen LogP contribution in [0.3, 0.4) is 0 Å². The van der Waals surface area contributed by atoms with Crippen molar-refractivity contribution in [1.29, 1.82) is 0 Å². The van der Waals surface area contributed by atoms with E-state index in [0.717, 1.165) is 15.4 Å². The number of nitrogens with zero attached hydrogens (tertiary/aromatic N) is 3. The van der Waals surface area contributed by atoms with Crippen molar-refractivity contribution < 1.29 is 13.9 Å². The van der Waals surface area contributed by atoms with Crippen LogP contribution in [0.15, 0.2) is 47.0 Å². The highest BCUT2D eigenvalue weighted by Crippen LogP contribution is 2.36. The topological polar surface area (TPSA) is 84.3 Å². The van der Waals surface area contributed by atoms with E-state index in [0.29, 0.717) is 29.2 Å². The van der Waals surface area contributed by atoms with Crippen molar-refractivity contribution in [1.82, 2.24) is 14.3 Å². The molecule has 0 amide bonds. The van der Waals surface area contributed by atoms with Crippen LogP contribution in [0.4, 0.5) is 4.39 Å². The van der Waals surface area contributed by atoms with Crippen LogP contribution in [0, 0.1) is 6.92 Å². The molecule has 0 bridgehead atoms. The standard InChI is InChI=1S/C19H21FN4O3S.ClH/c1-12-22-23(11-13(9-20)10-21)19(25)24(12)18-7-6-17(28-18)14-4-5-15(26-2)16(8-14)27-3;/h4-9H,10-11,21H2,1-3H3;1H/b13-9+;. The van der Waals surface area contributed by atoms with Crippen LogP contribution in [-0.4, -0.2) is 35.1 Å². The predicted molar refractivity (Wildman–Crippen MR) is 114 cm³/mol. The minimum absolute atomic E-state index is 0. The first kappa shape index (κ1) is 22.7. The Morgan fingerprint density at radius 3 is 2.59 bits per heavy atom. The van der Waals surface area contributed by atoms with E-state index < -0.39 is 0 Å². The zero-order valence-corrected chi connectivity index (χ0v) is 17.8. The first-order valence-electron chi connectivity index (χ1n) is 8.49. The van der Waals surface area contributed by atoms with E-state index in [1.165, 1.54) is 20.6 Å². The van der Waals surface area contributed by atoms with E-state index in [1.807, 2.05) is 30.3 Å². The molecule has 0 fully saturated rings. The van der Waals surface area contributed by atoms with Crippen LogP contribution >= 0.6 is 23.7 Å². The number of aryl methyl sites for hydroxylation is 1. The number of rotatable bonds is 7. The zero-order valence-electron chi connectivity index (χ0n) is 16.2. The normalized spacial score (nSPS) is 11.3. The van der Waals surface area contributed by atoms with E-state index in [2.05, 4.69) is 5.10 Å². The molecule has 3 aromatic rings. The maximum atomic E-state index is 12.8. The van der Waals surface area contributed by atoms with Crippen molar-refractivity contribution in [3.8, 4) is 26.9 Å². The van der Waals surface area contributed by atoms with E-state index in [4.69, 9.17) is 15.2 Å². The Kier molecular flexibility index (Phi) is 7.60. The molecule has 2 heterocycles. The fourth-order valence-corrected chi connectivity index (χ4v) is 3.85. The maximum Gasteiger partial charge on any atom is 0.351 e. The molecule has 0 saturated carbocycles. The van der Waals surface area contributed by atoms with E-state index in [-0.39, 0.29) is 31.2 Å². The molecule has 3 rings (SSSR count). The Balaban J connectivity index is 0.00000300. The quantitative estimate of drug-likeness (QED) is 0.609. The number of hydrogen-bond acceptors (Lipinski definition) is 6. The van der Waals surface area contributed by atoms with Crippen molar-refractivity contribution in [3.05, 3.63) is 58.5 Å². The van der Waals surface area contributed by atoms with Gasteiger partial charge in [0.1, 0.15) is 10.8 Å². The van der Waals surface area contributed by atoms with E-state index >= 15 is 0 Å². The van der Waals surface area contributed by atoms with Gasteiger partial charge in [0, 0.05) is 11.4 Å². The first-order chi connectivity index (χ1) is 13.5. The lowest BCUT2D eigenvalue weighted by molar-refractivity contribution is 0.355. The van der Waals surface area contributed by atoms with Crippen molar-refractivity contribution >= 4 is 23.7 Å². The highest BCUT2D eigenvalue weighted by Gasteiger charge is 2.15. The van der Waals surface area contributed by atoms with Gasteiger partial charge in [0.05, 0.1) is 27.1 Å². The molecule has 10 heteroatoms. The van der Waals surface area contributed by atoms with Crippen LogP contribution < -0.4 is 20.9 Å². The van der Waals surface area contributed by atoms with Crippen LogP contribution in [0.2, 0.25) is 0 Å². The molecular weight excluding hydrogens is 419 g/mol. The molecule has 0 radical (unpaired) electrons. The summed E-state index contributed by atoms with van der Waals surface area (Å²) in [5.74, 6) is 1.79. The largest absolute Gasteiger partial charge is 0.493 e. The Hall–Kier alpha value is -2.62. The van der Waals surface area contributed by atoms with Crippen LogP contribution in [0.1, 0.15) is 5.82 Å². The molecular formula is C19H22ClFN4O3S. The van der Waals surface area contributed by atoms with Gasteiger partial charge in [0.25, 0.3) is 0 Å². The Bertz CT molecular complexity index is 1070. The summed E-state index contributed by atoms with van der Waals surface area (Å²) in [6.45, 7) is 1.78. The molecule has 0 saturated heterocycles. The summed E-state index contributed by atoms with van der Waals surface area (Å²) in [6.07, 6.45) is 0.418. The van der Waals surface area contributed by atoms with Crippen LogP contribution in [-0.2, 0) is 6.54 Å². The Morgan fingerprint density at radius 1 is 1.24 bits per heavy atom. The molecule has 156 valence electrons. The van der Waals surface area contributed by atoms with Crippen molar-refractivity contribution in [2.24, 2.45) is 5.73 Å². The molecule has 0 aliphatic heterocycles. The van der Waals surface area contributed by atoms with Gasteiger partial charge in [0.2, 0.25) is 0 Å². The van der Waals surface area contributed by atoms with Gasteiger partial charge >= 0.3 is 5.69 Å². The zero-order chi connectivity index (χ0) is 20.3. The van der Waals surface area contributed by atoms with Gasteiger partial charge in [-0.25, -0.2) is 18.4 Å². The molecule has 2 aromatic heterocycles. The predicted octanol–water partition coefficient (Wildman–Crippen LogP) is 3.32. The SMILES string of the molecule is COc1ccc(-c2ccc(-n3c(C)nn(C/C(=C/F)CN)c3=O)s2)cc1OC.Cl. The highest BCUT2D eigenvalue weighted by molar-refractivity contribution is 7.17. The number of halogens is 2. The second-order valence-electron chi connectivity index (χ2n) is 6.00. The summed E-state index contributed by atoms with van der Waals surface area (Å²) in [4.78, 5) is 13.7. The van der Waals surface area contributed by atoms with E-state index in [1.54, 1.807) is 21.1 Å². The third-order valence-corrected chi connectivity index (χ3v) is 5.37. The number of nitrogens with two attached hydrogens (primary N) is 1. The van der Waals surface area contributed by atoms with Crippen LogP contribution in [0.25, 0.3) is 15.4 Å². The summed E-state index contributed by atoms with van der Waals surface area (Å²) < 4.78 is 26.1. The molecule has 0 atom stereocenters. The number of thiophene rings is 1. The second-order valence-corrected chi connectivity index (χ2v) is 7.06. The molecule has 2 N–H and O–H groups in total. The minimum atomic E-state index is -0.342. The van der Waals surface area contributed by atoms with Gasteiger partial charge in [-0.05, 0) is 48.4 Å². The summed E-state index contributed by atoms with van der Waals surface area (Å²) in [5, 5.41) is 4.95. The Labute approximate surface area is 177 Å². The number of aromatic nitrogens is 3. The highest BCUT2D eigenvalue weighted by atomic mass is 35.5. The molecule has 7 nitrogen and oxygen atoms in total. The molecule has 0 unspecified atom stereocenters. The fourth-order valence-electron chi connectivity index (χ4n) is 2.80. The number of ether oxygens (including phenoxy) is 2. The van der Waals surface area contributed by atoms with Gasteiger partial charge in [-0.1, -0.05) is 0 Å². The molecule has 29 heavy (non-hydrogen) atoms. The lowest BCUT2D eigenvalue weighted by Gasteiger charge is -2.08. The van der Waals surface area contributed by atoms with Crippen molar-refractivity contribution in [2.75, 3.05) is 20.8 Å². The van der Waals surface area contributed by atoms with Gasteiger partial charge in [-0.2, -0.15) is 5.10 Å². The van der Waals surface area contributed by atoms with Crippen molar-refractivity contribution in [3.63, 3.8) is 0 Å². The van der Waals surface area contributed by atoms with Gasteiger partial charge in [-0.3, -0.25) is 0 Å². The summed E-state index contributed by atoms with van der Waals surface area (Å²) in [6, 6.07) is 9.42. The first-order valence-corrected chi connectivity index (χ1v) is 9.31. The second kappa shape index (κ2) is 9.73. The average molecular weight is 441 g/mol. The smallest absolute Gasteiger partial charge is 0.351 e. The average Bonchev–Trinajstić information content (AvgIpc) is 3.29. The third-order valence-electron chi connectivity index (χ3n) is 4.25. The third kappa shape index (κ3) is 4.52. The van der Waals surface area contributed by atoms with Crippen molar-refractivity contribution in [2.45, 2.75) is 13.5 Å². The number of benzene rings is 1. The monoisotopic (exact) mass is 440 g/mol. The fraction of sp³-hybridized carbons (Fsp3) is 0.263. The molecule has 1 aromatic carbocycles. The molecule has 0 spiro atoms. The van der Waals surface area contributed by atoms with Gasteiger partial charge in [-0.15, -0.1) is 23.7 Å². The lowest BCUT2D eigenvalue weighted by atomic mass is 10.1. The van der Waals surface area contributed by atoms with Gasteiger partial charge in [0.15, 0.2) is 11.5 Å². The summed E-state index contributed by atoms with van der Waals surface area (Å²) >= 11 is 1.44.